The summed E-state index contributed by atoms with van der Waals surface area (Å²) in [5, 5.41) is 1.19. The lowest BCUT2D eigenvalue weighted by Crippen LogP contribution is -2.42. The number of carbonyl (C=O) groups is 1. The van der Waals surface area contributed by atoms with E-state index >= 15 is 0 Å². The van der Waals surface area contributed by atoms with Gasteiger partial charge < -0.3 is 9.72 Å². The number of aromatic amines is 1. The van der Waals surface area contributed by atoms with E-state index in [4.69, 9.17) is 4.74 Å². The minimum absolute atomic E-state index is 0.0796. The molecule has 0 radical (unpaired) electrons. The van der Waals surface area contributed by atoms with E-state index in [9.17, 15) is 4.79 Å². The number of ether oxygens (including phenoxy) is 1. The standard InChI is InChI=1S/C18H24N2O2/c1-18(2,3)22-17(21)20-11-7-6-10-16(20)15-12-13-8-4-5-9-14(13)19-15/h4-5,8-9,12,16,19H,6-7,10-11H2,1-3H3/t16-/m1/s1. The van der Waals surface area contributed by atoms with Crippen molar-refractivity contribution in [3.8, 4) is 0 Å². The highest BCUT2D eigenvalue weighted by Gasteiger charge is 2.32. The molecule has 0 saturated carbocycles. The molecule has 0 bridgehead atoms. The van der Waals surface area contributed by atoms with Gasteiger partial charge >= 0.3 is 6.09 Å². The minimum Gasteiger partial charge on any atom is -0.444 e. The number of nitrogens with zero attached hydrogens (tertiary/aromatic N) is 1. The third-order valence-electron chi connectivity index (χ3n) is 4.04. The number of hydrogen-bond donors (Lipinski definition) is 1. The Labute approximate surface area is 131 Å². The van der Waals surface area contributed by atoms with Crippen molar-refractivity contribution in [2.24, 2.45) is 0 Å². The van der Waals surface area contributed by atoms with Crippen LogP contribution in [0.3, 0.4) is 0 Å². The van der Waals surface area contributed by atoms with Crippen LogP contribution < -0.4 is 0 Å². The number of amides is 1. The summed E-state index contributed by atoms with van der Waals surface area (Å²) in [5.41, 5.74) is 1.76. The van der Waals surface area contributed by atoms with E-state index in [0.29, 0.717) is 0 Å². The Kier molecular flexibility index (Phi) is 3.85. The summed E-state index contributed by atoms with van der Waals surface area (Å²) >= 11 is 0. The zero-order chi connectivity index (χ0) is 15.7. The SMILES string of the molecule is CC(C)(C)OC(=O)N1CCCC[C@@H]1c1cc2ccccc2[nH]1. The molecule has 1 aliphatic heterocycles. The molecule has 2 aromatic rings. The average Bonchev–Trinajstić information content (AvgIpc) is 2.89. The van der Waals surface area contributed by atoms with Crippen LogP contribution in [-0.4, -0.2) is 28.1 Å². The van der Waals surface area contributed by atoms with Crippen molar-refractivity contribution in [2.75, 3.05) is 6.54 Å². The number of nitrogens with one attached hydrogen (secondary N) is 1. The van der Waals surface area contributed by atoms with Crippen LogP contribution in [0.1, 0.15) is 51.8 Å². The van der Waals surface area contributed by atoms with Crippen LogP contribution in [0, 0.1) is 0 Å². The Morgan fingerprint density at radius 2 is 2.05 bits per heavy atom. The predicted octanol–water partition coefficient (Wildman–Crippen LogP) is 4.63. The summed E-state index contributed by atoms with van der Waals surface area (Å²) in [5.74, 6) is 0. The van der Waals surface area contributed by atoms with Crippen LogP contribution in [0.25, 0.3) is 10.9 Å². The van der Waals surface area contributed by atoms with Crippen LogP contribution in [0.4, 0.5) is 4.79 Å². The third kappa shape index (κ3) is 3.11. The summed E-state index contributed by atoms with van der Waals surface area (Å²) in [6, 6.07) is 10.5. The summed E-state index contributed by atoms with van der Waals surface area (Å²) in [6.45, 7) is 6.49. The Morgan fingerprint density at radius 3 is 2.77 bits per heavy atom. The van der Waals surface area contributed by atoms with Crippen LogP contribution in [0.15, 0.2) is 30.3 Å². The van der Waals surface area contributed by atoms with Crippen molar-refractivity contribution < 1.29 is 9.53 Å². The first-order valence-electron chi connectivity index (χ1n) is 8.01. The second-order valence-electron chi connectivity index (χ2n) is 7.00. The molecule has 0 unspecified atom stereocenters. The molecule has 118 valence electrons. The molecule has 1 saturated heterocycles. The smallest absolute Gasteiger partial charge is 0.410 e. The van der Waals surface area contributed by atoms with Crippen molar-refractivity contribution >= 4 is 17.0 Å². The van der Waals surface area contributed by atoms with Crippen LogP contribution in [0.2, 0.25) is 0 Å². The highest BCUT2D eigenvalue weighted by atomic mass is 16.6. The zero-order valence-electron chi connectivity index (χ0n) is 13.6. The van der Waals surface area contributed by atoms with E-state index < -0.39 is 5.60 Å². The van der Waals surface area contributed by atoms with Gasteiger partial charge in [0.05, 0.1) is 6.04 Å². The molecule has 0 spiro atoms. The highest BCUT2D eigenvalue weighted by molar-refractivity contribution is 5.80. The molecule has 0 aliphatic carbocycles. The van der Waals surface area contributed by atoms with Gasteiger partial charge in [-0.2, -0.15) is 0 Å². The van der Waals surface area contributed by atoms with Gasteiger partial charge in [-0.05, 0) is 57.6 Å². The second-order valence-corrected chi connectivity index (χ2v) is 7.00. The van der Waals surface area contributed by atoms with Gasteiger partial charge in [-0.1, -0.05) is 18.2 Å². The molecule has 1 amide bonds. The topological polar surface area (TPSA) is 45.3 Å². The summed E-state index contributed by atoms with van der Waals surface area (Å²) in [4.78, 5) is 17.8. The van der Waals surface area contributed by atoms with Gasteiger partial charge in [0, 0.05) is 17.8 Å². The largest absolute Gasteiger partial charge is 0.444 e. The van der Waals surface area contributed by atoms with E-state index in [1.54, 1.807) is 0 Å². The maximum atomic E-state index is 12.5. The van der Waals surface area contributed by atoms with Crippen LogP contribution in [-0.2, 0) is 4.74 Å². The van der Waals surface area contributed by atoms with Crippen molar-refractivity contribution in [2.45, 2.75) is 51.7 Å². The second kappa shape index (κ2) is 5.67. The molecule has 22 heavy (non-hydrogen) atoms. The number of benzene rings is 1. The van der Waals surface area contributed by atoms with E-state index in [-0.39, 0.29) is 12.1 Å². The number of rotatable bonds is 1. The van der Waals surface area contributed by atoms with E-state index in [1.807, 2.05) is 37.8 Å². The Morgan fingerprint density at radius 1 is 1.27 bits per heavy atom. The van der Waals surface area contributed by atoms with Gasteiger partial charge in [0.15, 0.2) is 0 Å². The Balaban J connectivity index is 1.87. The molecule has 3 rings (SSSR count). The first-order valence-corrected chi connectivity index (χ1v) is 8.01. The van der Waals surface area contributed by atoms with Gasteiger partial charge in [0.1, 0.15) is 5.60 Å². The number of likely N-dealkylation sites (tertiary alicyclic amines) is 1. The maximum absolute atomic E-state index is 12.5. The monoisotopic (exact) mass is 300 g/mol. The molecular weight excluding hydrogens is 276 g/mol. The minimum atomic E-state index is -0.459. The van der Waals surface area contributed by atoms with Gasteiger partial charge in [-0.25, -0.2) is 4.79 Å². The quantitative estimate of drug-likeness (QED) is 0.834. The fourth-order valence-electron chi connectivity index (χ4n) is 3.07. The average molecular weight is 300 g/mol. The molecule has 2 heterocycles. The molecule has 1 aromatic heterocycles. The lowest BCUT2D eigenvalue weighted by molar-refractivity contribution is 0.00908. The van der Waals surface area contributed by atoms with Crippen molar-refractivity contribution in [3.63, 3.8) is 0 Å². The lowest BCUT2D eigenvalue weighted by Gasteiger charge is -2.36. The number of fused-ring (bicyclic) bond motifs is 1. The van der Waals surface area contributed by atoms with Gasteiger partial charge in [-0.3, -0.25) is 4.90 Å². The fraction of sp³-hybridized carbons (Fsp3) is 0.500. The van der Waals surface area contributed by atoms with Gasteiger partial charge in [0.2, 0.25) is 0 Å². The molecule has 4 nitrogen and oxygen atoms in total. The first kappa shape index (κ1) is 14.9. The number of hydrogen-bond acceptors (Lipinski definition) is 2. The zero-order valence-corrected chi connectivity index (χ0v) is 13.6. The van der Waals surface area contributed by atoms with Gasteiger partial charge in [0.25, 0.3) is 0 Å². The van der Waals surface area contributed by atoms with Crippen molar-refractivity contribution in [1.29, 1.82) is 0 Å². The molecule has 1 atom stereocenters. The Bertz CT molecular complexity index is 636. The molecular formula is C18H24N2O2. The number of carbonyl (C=O) groups excluding carboxylic acids is 1. The summed E-state index contributed by atoms with van der Waals surface area (Å²) < 4.78 is 5.58. The molecule has 1 aromatic carbocycles. The maximum Gasteiger partial charge on any atom is 0.410 e. The number of para-hydroxylation sites is 1. The van der Waals surface area contributed by atoms with Crippen molar-refractivity contribution in [3.05, 3.63) is 36.0 Å². The predicted molar refractivity (Wildman–Crippen MR) is 87.8 cm³/mol. The molecule has 1 fully saturated rings. The summed E-state index contributed by atoms with van der Waals surface area (Å²) in [6.07, 6.45) is 2.94. The first-order chi connectivity index (χ1) is 10.4. The Hall–Kier alpha value is -1.97. The van der Waals surface area contributed by atoms with E-state index in [2.05, 4.69) is 23.2 Å². The number of piperidine rings is 1. The highest BCUT2D eigenvalue weighted by Crippen LogP contribution is 2.33. The third-order valence-corrected chi connectivity index (χ3v) is 4.04. The number of H-pyrrole nitrogens is 1. The van der Waals surface area contributed by atoms with Gasteiger partial charge in [-0.15, -0.1) is 0 Å². The molecule has 4 heteroatoms. The fourth-order valence-corrected chi connectivity index (χ4v) is 3.07. The van der Waals surface area contributed by atoms with E-state index in [0.717, 1.165) is 37.0 Å². The van der Waals surface area contributed by atoms with Crippen LogP contribution in [0.5, 0.6) is 0 Å². The lowest BCUT2D eigenvalue weighted by atomic mass is 10.00. The molecule has 1 N–H and O–H groups in total. The van der Waals surface area contributed by atoms with E-state index in [1.165, 1.54) is 5.39 Å². The normalized spacial score (nSPS) is 19.4. The number of aromatic nitrogens is 1. The summed E-state index contributed by atoms with van der Waals surface area (Å²) in [7, 11) is 0. The van der Waals surface area contributed by atoms with Crippen molar-refractivity contribution in [1.82, 2.24) is 9.88 Å². The van der Waals surface area contributed by atoms with Crippen LogP contribution >= 0.6 is 0 Å². The molecule has 1 aliphatic rings.